The van der Waals surface area contributed by atoms with Crippen LogP contribution in [0.15, 0.2) is 22.8 Å². The minimum atomic E-state index is 1.06. The number of rotatable bonds is 2. The van der Waals surface area contributed by atoms with Crippen LogP contribution in [-0.2, 0) is 6.42 Å². The molecule has 0 fully saturated rings. The first-order chi connectivity index (χ1) is 5.93. The van der Waals surface area contributed by atoms with Gasteiger partial charge in [-0.2, -0.15) is 0 Å². The largest absolute Gasteiger partial charge is 0.469 e. The van der Waals surface area contributed by atoms with Gasteiger partial charge in [0.05, 0.1) is 6.26 Å². The van der Waals surface area contributed by atoms with E-state index in [4.69, 9.17) is 4.42 Å². The molecule has 0 aliphatic rings. The van der Waals surface area contributed by atoms with Gasteiger partial charge in [-0.3, -0.25) is 0 Å². The zero-order valence-electron chi connectivity index (χ0n) is 7.59. The lowest BCUT2D eigenvalue weighted by Crippen LogP contribution is -1.73. The molecule has 1 aromatic heterocycles. The van der Waals surface area contributed by atoms with E-state index in [1.54, 1.807) is 6.26 Å². The standard InChI is InChI=1S/C7H10O.C2H2.CH3Br/c1-2-4-7-5-3-6-8-7;2*1-2/h3,5-6H,2,4H2,1H3;1-2H;1H3. The second-order valence-electron chi connectivity index (χ2n) is 1.83. The van der Waals surface area contributed by atoms with Gasteiger partial charge in [0.15, 0.2) is 0 Å². The molecule has 0 radical (unpaired) electrons. The van der Waals surface area contributed by atoms with E-state index in [9.17, 15) is 0 Å². The van der Waals surface area contributed by atoms with Crippen molar-refractivity contribution >= 4 is 15.9 Å². The number of terminal acetylenes is 1. The number of halogens is 1. The lowest BCUT2D eigenvalue weighted by molar-refractivity contribution is 0.506. The van der Waals surface area contributed by atoms with Crippen molar-refractivity contribution in [2.75, 3.05) is 5.83 Å². The minimum absolute atomic E-state index is 1.06. The SMILES string of the molecule is C#C.CBr.CCCc1ccco1. The molecule has 12 heavy (non-hydrogen) atoms. The van der Waals surface area contributed by atoms with Gasteiger partial charge in [-0.1, -0.05) is 22.9 Å². The van der Waals surface area contributed by atoms with E-state index in [1.165, 1.54) is 0 Å². The summed E-state index contributed by atoms with van der Waals surface area (Å²) in [5.74, 6) is 2.90. The van der Waals surface area contributed by atoms with Gasteiger partial charge in [0.25, 0.3) is 0 Å². The van der Waals surface area contributed by atoms with Crippen LogP contribution in [-0.4, -0.2) is 5.83 Å². The fourth-order valence-electron chi connectivity index (χ4n) is 0.701. The van der Waals surface area contributed by atoms with Crippen molar-refractivity contribution in [3.63, 3.8) is 0 Å². The summed E-state index contributed by atoms with van der Waals surface area (Å²) in [5, 5.41) is 0. The number of aryl methyl sites for hydroxylation is 1. The lowest BCUT2D eigenvalue weighted by atomic mass is 10.3. The summed E-state index contributed by atoms with van der Waals surface area (Å²) >= 11 is 2.94. The van der Waals surface area contributed by atoms with Gasteiger partial charge >= 0.3 is 0 Å². The third kappa shape index (κ3) is 7.43. The number of hydrogen-bond donors (Lipinski definition) is 0. The quantitative estimate of drug-likeness (QED) is 0.560. The molecule has 0 amide bonds. The fraction of sp³-hybridized carbons (Fsp3) is 0.400. The first-order valence-corrected chi connectivity index (χ1v) is 5.25. The van der Waals surface area contributed by atoms with Gasteiger partial charge in [-0.15, -0.1) is 12.8 Å². The molecule has 0 aromatic carbocycles. The van der Waals surface area contributed by atoms with Crippen molar-refractivity contribution < 1.29 is 4.42 Å². The van der Waals surface area contributed by atoms with E-state index in [0.29, 0.717) is 0 Å². The van der Waals surface area contributed by atoms with E-state index in [0.717, 1.165) is 18.6 Å². The number of hydrogen-bond acceptors (Lipinski definition) is 1. The highest BCUT2D eigenvalue weighted by atomic mass is 79.9. The summed E-state index contributed by atoms with van der Waals surface area (Å²) in [6, 6.07) is 3.93. The molecule has 0 saturated heterocycles. The fourth-order valence-corrected chi connectivity index (χ4v) is 0.701. The molecule has 0 unspecified atom stereocenters. The molecule has 2 heteroatoms. The monoisotopic (exact) mass is 230 g/mol. The zero-order valence-corrected chi connectivity index (χ0v) is 9.17. The molecule has 68 valence electrons. The molecule has 0 atom stereocenters. The molecule has 1 aromatic rings. The molecule has 0 aliphatic heterocycles. The van der Waals surface area contributed by atoms with Crippen molar-refractivity contribution in [2.24, 2.45) is 0 Å². The number of furan rings is 1. The predicted octanol–water partition coefficient (Wildman–Crippen LogP) is 3.49. The molecule has 1 rings (SSSR count). The summed E-state index contributed by atoms with van der Waals surface area (Å²) in [6.45, 7) is 2.14. The summed E-state index contributed by atoms with van der Waals surface area (Å²) in [6.07, 6.45) is 11.9. The first kappa shape index (κ1) is 13.9. The van der Waals surface area contributed by atoms with Crippen molar-refractivity contribution in [2.45, 2.75) is 19.8 Å². The van der Waals surface area contributed by atoms with Crippen molar-refractivity contribution in [1.82, 2.24) is 0 Å². The highest BCUT2D eigenvalue weighted by Crippen LogP contribution is 2.01. The maximum atomic E-state index is 5.07. The van der Waals surface area contributed by atoms with Crippen LogP contribution in [0.5, 0.6) is 0 Å². The lowest BCUT2D eigenvalue weighted by Gasteiger charge is -1.85. The molecular formula is C10H15BrO. The van der Waals surface area contributed by atoms with Crippen LogP contribution in [0.2, 0.25) is 0 Å². The van der Waals surface area contributed by atoms with Crippen LogP contribution in [0, 0.1) is 12.8 Å². The van der Waals surface area contributed by atoms with Crippen LogP contribution in [0.4, 0.5) is 0 Å². The number of alkyl halides is 1. The zero-order chi connectivity index (χ0) is 9.82. The van der Waals surface area contributed by atoms with Gasteiger partial charge < -0.3 is 4.42 Å². The Balaban J connectivity index is 0. The third-order valence-electron chi connectivity index (χ3n) is 1.08. The average molecular weight is 231 g/mol. The minimum Gasteiger partial charge on any atom is -0.469 e. The van der Waals surface area contributed by atoms with Gasteiger partial charge in [0, 0.05) is 6.42 Å². The molecule has 0 spiro atoms. The molecule has 0 bridgehead atoms. The van der Waals surface area contributed by atoms with Gasteiger partial charge in [-0.05, 0) is 24.4 Å². The second-order valence-corrected chi connectivity index (χ2v) is 1.83. The Labute approximate surface area is 83.3 Å². The molecule has 0 saturated carbocycles. The molecule has 0 N–H and O–H groups in total. The van der Waals surface area contributed by atoms with Crippen LogP contribution in [0.3, 0.4) is 0 Å². The predicted molar refractivity (Wildman–Crippen MR) is 57.4 cm³/mol. The van der Waals surface area contributed by atoms with E-state index in [-0.39, 0.29) is 0 Å². The Bertz CT molecular complexity index is 165. The Morgan fingerprint density at radius 1 is 1.42 bits per heavy atom. The topological polar surface area (TPSA) is 13.1 Å². The van der Waals surface area contributed by atoms with Crippen LogP contribution in [0.1, 0.15) is 19.1 Å². The molecule has 1 nitrogen and oxygen atoms in total. The average Bonchev–Trinajstić information content (AvgIpc) is 2.65. The highest BCUT2D eigenvalue weighted by Gasteiger charge is 1.88. The van der Waals surface area contributed by atoms with Crippen molar-refractivity contribution in [3.8, 4) is 12.8 Å². The van der Waals surface area contributed by atoms with Crippen LogP contribution in [0.25, 0.3) is 0 Å². The normalized spacial score (nSPS) is 7.08. The second kappa shape index (κ2) is 12.9. The Morgan fingerprint density at radius 2 is 2.00 bits per heavy atom. The summed E-state index contributed by atoms with van der Waals surface area (Å²) in [7, 11) is 0. The first-order valence-electron chi connectivity index (χ1n) is 3.67. The molecule has 0 aliphatic carbocycles. The summed E-state index contributed by atoms with van der Waals surface area (Å²) in [4.78, 5) is 0. The van der Waals surface area contributed by atoms with Crippen molar-refractivity contribution in [1.29, 1.82) is 0 Å². The Morgan fingerprint density at radius 3 is 2.33 bits per heavy atom. The van der Waals surface area contributed by atoms with Gasteiger partial charge in [0.2, 0.25) is 0 Å². The third-order valence-corrected chi connectivity index (χ3v) is 1.08. The highest BCUT2D eigenvalue weighted by molar-refractivity contribution is 9.08. The molecular weight excluding hydrogens is 216 g/mol. The van der Waals surface area contributed by atoms with E-state index in [2.05, 4.69) is 35.7 Å². The van der Waals surface area contributed by atoms with E-state index < -0.39 is 0 Å². The van der Waals surface area contributed by atoms with E-state index >= 15 is 0 Å². The maximum absolute atomic E-state index is 5.07. The smallest absolute Gasteiger partial charge is 0.103 e. The van der Waals surface area contributed by atoms with Crippen LogP contribution >= 0.6 is 15.9 Å². The van der Waals surface area contributed by atoms with Gasteiger partial charge in [-0.25, -0.2) is 0 Å². The summed E-state index contributed by atoms with van der Waals surface area (Å²) in [5.41, 5.74) is 0. The van der Waals surface area contributed by atoms with Gasteiger partial charge in [0.1, 0.15) is 5.76 Å². The maximum Gasteiger partial charge on any atom is 0.103 e. The van der Waals surface area contributed by atoms with Crippen molar-refractivity contribution in [3.05, 3.63) is 24.2 Å². The van der Waals surface area contributed by atoms with E-state index in [1.807, 2.05) is 18.0 Å². The Hall–Kier alpha value is -0.680. The molecule has 1 heterocycles. The Kier molecular flexibility index (Phi) is 15.0. The summed E-state index contributed by atoms with van der Waals surface area (Å²) < 4.78 is 5.07. The van der Waals surface area contributed by atoms with Crippen LogP contribution < -0.4 is 0 Å².